The summed E-state index contributed by atoms with van der Waals surface area (Å²) >= 11 is 0. The standard InChI is InChI=1S/C12H11FN4O/c13-11-2-1-10(5-9(11)6-14)17-12(18)8-3-4-15-16-7-8/h1-5,7H,6,14H2,(H,17,18). The molecule has 0 aliphatic heterocycles. The molecule has 1 amide bonds. The predicted molar refractivity (Wildman–Crippen MR) is 64.3 cm³/mol. The van der Waals surface area contributed by atoms with Crippen molar-refractivity contribution < 1.29 is 9.18 Å². The first-order chi connectivity index (χ1) is 8.70. The average Bonchev–Trinajstić information content (AvgIpc) is 2.42. The Bertz CT molecular complexity index is 559. The van der Waals surface area contributed by atoms with Crippen LogP contribution in [0.25, 0.3) is 0 Å². The van der Waals surface area contributed by atoms with E-state index >= 15 is 0 Å². The third kappa shape index (κ3) is 2.67. The van der Waals surface area contributed by atoms with E-state index in [0.29, 0.717) is 16.8 Å². The van der Waals surface area contributed by atoms with Crippen LogP contribution in [0.4, 0.5) is 10.1 Å². The molecular weight excluding hydrogens is 235 g/mol. The number of anilines is 1. The number of rotatable bonds is 3. The largest absolute Gasteiger partial charge is 0.326 e. The molecule has 0 radical (unpaired) electrons. The molecule has 3 N–H and O–H groups in total. The zero-order valence-corrected chi connectivity index (χ0v) is 9.43. The SMILES string of the molecule is NCc1cc(NC(=O)c2ccnnc2)ccc1F. The van der Waals surface area contributed by atoms with Gasteiger partial charge in [-0.2, -0.15) is 10.2 Å². The minimum absolute atomic E-state index is 0.0758. The van der Waals surface area contributed by atoms with Crippen molar-refractivity contribution in [2.45, 2.75) is 6.54 Å². The fourth-order valence-electron chi connectivity index (χ4n) is 1.44. The Balaban J connectivity index is 2.17. The molecule has 1 aromatic carbocycles. The van der Waals surface area contributed by atoms with Crippen molar-refractivity contribution in [3.05, 3.63) is 53.6 Å². The Hall–Kier alpha value is -2.34. The molecule has 18 heavy (non-hydrogen) atoms. The second-order valence-corrected chi connectivity index (χ2v) is 3.60. The fraction of sp³-hybridized carbons (Fsp3) is 0.0833. The summed E-state index contributed by atoms with van der Waals surface area (Å²) in [4.78, 5) is 11.8. The Labute approximate surface area is 103 Å². The third-order valence-electron chi connectivity index (χ3n) is 2.37. The number of amides is 1. The van der Waals surface area contributed by atoms with E-state index in [0.717, 1.165) is 0 Å². The van der Waals surface area contributed by atoms with Gasteiger partial charge in [0.25, 0.3) is 5.91 Å². The first-order valence-electron chi connectivity index (χ1n) is 5.27. The lowest BCUT2D eigenvalue weighted by atomic mass is 10.2. The Morgan fingerprint density at radius 1 is 1.33 bits per heavy atom. The maximum atomic E-state index is 13.2. The molecule has 0 unspecified atom stereocenters. The summed E-state index contributed by atoms with van der Waals surface area (Å²) in [7, 11) is 0. The lowest BCUT2D eigenvalue weighted by molar-refractivity contribution is 0.102. The van der Waals surface area contributed by atoms with Crippen molar-refractivity contribution in [1.29, 1.82) is 0 Å². The highest BCUT2D eigenvalue weighted by Crippen LogP contribution is 2.15. The summed E-state index contributed by atoms with van der Waals surface area (Å²) in [6, 6.07) is 5.78. The van der Waals surface area contributed by atoms with Gasteiger partial charge >= 0.3 is 0 Å². The number of hydrogen-bond donors (Lipinski definition) is 2. The van der Waals surface area contributed by atoms with Crippen LogP contribution in [-0.2, 0) is 6.54 Å². The number of carbonyl (C=O) groups excluding carboxylic acids is 1. The number of hydrogen-bond acceptors (Lipinski definition) is 4. The average molecular weight is 246 g/mol. The van der Waals surface area contributed by atoms with Gasteiger partial charge in [-0.3, -0.25) is 4.79 Å². The summed E-state index contributed by atoms with van der Waals surface area (Å²) in [6.45, 7) is 0.0758. The number of aromatic nitrogens is 2. The van der Waals surface area contributed by atoms with Gasteiger partial charge in [-0.15, -0.1) is 0 Å². The van der Waals surface area contributed by atoms with Crippen LogP contribution >= 0.6 is 0 Å². The molecule has 92 valence electrons. The van der Waals surface area contributed by atoms with Crippen molar-refractivity contribution in [2.75, 3.05) is 5.32 Å². The number of carbonyl (C=O) groups is 1. The van der Waals surface area contributed by atoms with Crippen molar-refractivity contribution in [1.82, 2.24) is 10.2 Å². The third-order valence-corrected chi connectivity index (χ3v) is 2.37. The van der Waals surface area contributed by atoms with Gasteiger partial charge in [-0.05, 0) is 24.3 Å². The first-order valence-corrected chi connectivity index (χ1v) is 5.27. The molecule has 6 heteroatoms. The summed E-state index contributed by atoms with van der Waals surface area (Å²) < 4.78 is 13.2. The molecule has 0 aliphatic carbocycles. The van der Waals surface area contributed by atoms with E-state index in [2.05, 4.69) is 15.5 Å². The van der Waals surface area contributed by atoms with E-state index in [1.54, 1.807) is 0 Å². The van der Waals surface area contributed by atoms with Crippen LogP contribution in [0.5, 0.6) is 0 Å². The molecule has 1 aromatic heterocycles. The van der Waals surface area contributed by atoms with Gasteiger partial charge in [-0.1, -0.05) is 0 Å². The molecule has 0 fully saturated rings. The van der Waals surface area contributed by atoms with Crippen molar-refractivity contribution >= 4 is 11.6 Å². The van der Waals surface area contributed by atoms with Crippen LogP contribution in [0.15, 0.2) is 36.7 Å². The van der Waals surface area contributed by atoms with E-state index in [1.165, 1.54) is 36.7 Å². The van der Waals surface area contributed by atoms with E-state index in [1.807, 2.05) is 0 Å². The lowest BCUT2D eigenvalue weighted by Crippen LogP contribution is -2.13. The minimum Gasteiger partial charge on any atom is -0.326 e. The van der Waals surface area contributed by atoms with Gasteiger partial charge in [0.1, 0.15) is 5.82 Å². The molecule has 5 nitrogen and oxygen atoms in total. The molecule has 2 rings (SSSR count). The highest BCUT2D eigenvalue weighted by molar-refractivity contribution is 6.03. The van der Waals surface area contributed by atoms with Crippen molar-refractivity contribution in [3.8, 4) is 0 Å². The summed E-state index contributed by atoms with van der Waals surface area (Å²) in [5.41, 5.74) is 6.60. The van der Waals surface area contributed by atoms with Gasteiger partial charge < -0.3 is 11.1 Å². The van der Waals surface area contributed by atoms with Crippen LogP contribution in [0.1, 0.15) is 15.9 Å². The minimum atomic E-state index is -0.388. The molecule has 0 saturated heterocycles. The van der Waals surface area contributed by atoms with E-state index in [-0.39, 0.29) is 18.3 Å². The number of nitrogens with two attached hydrogens (primary N) is 1. The second-order valence-electron chi connectivity index (χ2n) is 3.60. The van der Waals surface area contributed by atoms with Gasteiger partial charge in [-0.25, -0.2) is 4.39 Å². The van der Waals surface area contributed by atoms with E-state index in [9.17, 15) is 9.18 Å². The quantitative estimate of drug-likeness (QED) is 0.856. The number of benzene rings is 1. The van der Waals surface area contributed by atoms with Gasteiger partial charge in [0.05, 0.1) is 18.0 Å². The zero-order chi connectivity index (χ0) is 13.0. The summed E-state index contributed by atoms with van der Waals surface area (Å²) in [5.74, 6) is -0.722. The van der Waals surface area contributed by atoms with Crippen molar-refractivity contribution in [2.24, 2.45) is 5.73 Å². The highest BCUT2D eigenvalue weighted by Gasteiger charge is 2.07. The Kier molecular flexibility index (Phi) is 3.59. The van der Waals surface area contributed by atoms with Gasteiger partial charge in [0.15, 0.2) is 0 Å². The maximum absolute atomic E-state index is 13.2. The smallest absolute Gasteiger partial charge is 0.257 e. The van der Waals surface area contributed by atoms with Crippen LogP contribution in [-0.4, -0.2) is 16.1 Å². The summed E-state index contributed by atoms with van der Waals surface area (Å²) in [6.07, 6.45) is 2.77. The molecule has 1 heterocycles. The van der Waals surface area contributed by atoms with Crippen LogP contribution in [0.2, 0.25) is 0 Å². The molecule has 0 bridgehead atoms. The Morgan fingerprint density at radius 3 is 2.83 bits per heavy atom. The van der Waals surface area contributed by atoms with Crippen LogP contribution in [0.3, 0.4) is 0 Å². The topological polar surface area (TPSA) is 80.9 Å². The molecule has 2 aromatic rings. The molecule has 0 atom stereocenters. The van der Waals surface area contributed by atoms with Crippen molar-refractivity contribution in [3.63, 3.8) is 0 Å². The lowest BCUT2D eigenvalue weighted by Gasteiger charge is -2.07. The summed E-state index contributed by atoms with van der Waals surface area (Å²) in [5, 5.41) is 9.81. The van der Waals surface area contributed by atoms with Gasteiger partial charge in [0.2, 0.25) is 0 Å². The van der Waals surface area contributed by atoms with Crippen LogP contribution < -0.4 is 11.1 Å². The van der Waals surface area contributed by atoms with E-state index < -0.39 is 0 Å². The number of halogens is 1. The Morgan fingerprint density at radius 2 is 2.17 bits per heavy atom. The highest BCUT2D eigenvalue weighted by atomic mass is 19.1. The predicted octanol–water partition coefficient (Wildman–Crippen LogP) is 1.33. The van der Waals surface area contributed by atoms with Crippen LogP contribution in [0, 0.1) is 5.82 Å². The monoisotopic (exact) mass is 246 g/mol. The fourth-order valence-corrected chi connectivity index (χ4v) is 1.44. The molecule has 0 spiro atoms. The van der Waals surface area contributed by atoms with Gasteiger partial charge in [0, 0.05) is 17.8 Å². The van der Waals surface area contributed by atoms with E-state index in [4.69, 9.17) is 5.73 Å². The second kappa shape index (κ2) is 5.33. The molecular formula is C12H11FN4O. The molecule has 0 saturated carbocycles. The maximum Gasteiger partial charge on any atom is 0.257 e. The number of nitrogens with one attached hydrogen (secondary N) is 1. The zero-order valence-electron chi connectivity index (χ0n) is 9.43. The number of nitrogens with zero attached hydrogens (tertiary/aromatic N) is 2. The molecule has 0 aliphatic rings. The first kappa shape index (κ1) is 12.1. The normalized spacial score (nSPS) is 10.1.